The summed E-state index contributed by atoms with van der Waals surface area (Å²) in [6.07, 6.45) is 2.54. The molecular weight excluding hydrogens is 1000 g/mol. The third-order valence-electron chi connectivity index (χ3n) is 11.0. The standard InChI is InChI=1S/C46H14F20N4O/c1-2-71-46-44-18(22-28(51)36(59)42(65)37(60)29(22)52)14-6-5-13(68-14)17(21-26(49)34(57)41(64)35(58)27(21)50)11-4-3-10(7-11)16(20-24(47)32(55)40(63)33(56)25(20)48)12-8-15(67-9-12)19(45(69-44)70-46)23-30(53)38(61)43(66)39(62)31(23)54/h3-9,67-68H,2H2,1H3. The fourth-order valence-electron chi connectivity index (χ4n) is 7.90. The van der Waals surface area contributed by atoms with Gasteiger partial charge in [0.15, 0.2) is 98.9 Å². The van der Waals surface area contributed by atoms with Crippen molar-refractivity contribution in [3.8, 4) is 0 Å². The predicted octanol–water partition coefficient (Wildman–Crippen LogP) is 11.1. The van der Waals surface area contributed by atoms with Crippen molar-refractivity contribution in [2.24, 2.45) is 9.98 Å². The smallest absolute Gasteiger partial charge is 0.242 e. The molecule has 3 aliphatic rings. The molecule has 0 radical (unpaired) electrons. The molecule has 4 aromatic carbocycles. The van der Waals surface area contributed by atoms with E-state index in [2.05, 4.69) is 20.0 Å². The molecule has 0 unspecified atom stereocenters. The molecule has 0 saturated carbocycles. The summed E-state index contributed by atoms with van der Waals surface area (Å²) in [5, 5.41) is -1.94. The molecule has 0 amide bonds. The van der Waals surface area contributed by atoms with E-state index in [4.69, 9.17) is 4.74 Å². The predicted molar refractivity (Wildman–Crippen MR) is 207 cm³/mol. The first-order valence-corrected chi connectivity index (χ1v) is 19.4. The van der Waals surface area contributed by atoms with Crippen LogP contribution in [0.15, 0.2) is 69.6 Å². The minimum absolute atomic E-state index is 0.495. The van der Waals surface area contributed by atoms with Crippen molar-refractivity contribution in [3.05, 3.63) is 220 Å². The molecule has 1 aliphatic carbocycles. The van der Waals surface area contributed by atoms with Gasteiger partial charge in [-0.15, -0.1) is 0 Å². The number of nitrogens with one attached hydrogen (secondary N) is 2. The number of hydrogen-bond acceptors (Lipinski definition) is 3. The van der Waals surface area contributed by atoms with Crippen LogP contribution < -0.4 is 10.7 Å². The van der Waals surface area contributed by atoms with Crippen LogP contribution >= 0.6 is 0 Å². The fourth-order valence-corrected chi connectivity index (χ4v) is 7.90. The molecular formula is C46H14F20N4O. The maximum absolute atomic E-state index is 16.1. The number of hydrogen-bond donors (Lipinski definition) is 2. The number of fused-ring (bicyclic) bond motifs is 6. The Morgan fingerprint density at radius 1 is 0.437 bits per heavy atom. The first-order chi connectivity index (χ1) is 33.5. The van der Waals surface area contributed by atoms with E-state index in [-0.39, 0.29) is 0 Å². The van der Waals surface area contributed by atoms with Gasteiger partial charge in [0, 0.05) is 39.2 Å². The van der Waals surface area contributed by atoms with Crippen molar-refractivity contribution in [1.82, 2.24) is 9.97 Å². The van der Waals surface area contributed by atoms with E-state index >= 15 is 70.2 Å². The Labute approximate surface area is 379 Å². The largest absolute Gasteiger partial charge is 0.476 e. The molecule has 0 spiro atoms. The number of aromatic nitrogens is 2. The van der Waals surface area contributed by atoms with Gasteiger partial charge in [0.2, 0.25) is 29.2 Å². The minimum atomic E-state index is -2.75. The summed E-state index contributed by atoms with van der Waals surface area (Å²) in [7, 11) is 0. The lowest BCUT2D eigenvalue weighted by Crippen LogP contribution is -2.27. The number of benzene rings is 4. The summed E-state index contributed by atoms with van der Waals surface area (Å²) >= 11 is 0. The van der Waals surface area contributed by atoms with Crippen molar-refractivity contribution in [2.75, 3.05) is 6.61 Å². The van der Waals surface area contributed by atoms with E-state index in [1.807, 2.05) is 0 Å². The number of rotatable bonds is 5. The molecule has 2 aliphatic heterocycles. The zero-order valence-corrected chi connectivity index (χ0v) is 34.1. The van der Waals surface area contributed by atoms with Crippen LogP contribution in [-0.2, 0) is 4.74 Å². The quantitative estimate of drug-likeness (QED) is 0.101. The van der Waals surface area contributed by atoms with Gasteiger partial charge >= 0.3 is 0 Å². The van der Waals surface area contributed by atoms with Gasteiger partial charge in [-0.1, -0.05) is 12.2 Å². The first-order valence-electron chi connectivity index (χ1n) is 19.4. The Kier molecular flexibility index (Phi) is 11.5. The summed E-state index contributed by atoms with van der Waals surface area (Å²) in [6, 6.07) is 1.74. The maximum Gasteiger partial charge on any atom is 0.242 e. The van der Waals surface area contributed by atoms with Crippen LogP contribution in [0.2, 0.25) is 0 Å². The van der Waals surface area contributed by atoms with Crippen molar-refractivity contribution in [1.29, 1.82) is 0 Å². The van der Waals surface area contributed by atoms with Crippen molar-refractivity contribution in [3.63, 3.8) is 0 Å². The molecule has 4 heterocycles. The highest BCUT2D eigenvalue weighted by molar-refractivity contribution is 6.57. The van der Waals surface area contributed by atoms with Crippen LogP contribution in [0.25, 0.3) is 22.3 Å². The van der Waals surface area contributed by atoms with Crippen LogP contribution in [0, 0.1) is 116 Å². The Bertz CT molecular complexity index is 3660. The van der Waals surface area contributed by atoms with Gasteiger partial charge in [-0.25, -0.2) is 92.8 Å². The Morgan fingerprint density at radius 2 is 0.817 bits per heavy atom. The summed E-state index contributed by atoms with van der Waals surface area (Å²) in [6.45, 7) is 0.549. The van der Waals surface area contributed by atoms with Crippen LogP contribution in [-0.4, -0.2) is 28.2 Å². The second-order valence-corrected chi connectivity index (χ2v) is 14.9. The van der Waals surface area contributed by atoms with E-state index in [0.29, 0.717) is 42.6 Å². The van der Waals surface area contributed by atoms with Crippen LogP contribution in [0.3, 0.4) is 0 Å². The van der Waals surface area contributed by atoms with E-state index in [0.717, 1.165) is 0 Å². The molecule has 0 atom stereocenters. The zero-order valence-electron chi connectivity index (χ0n) is 34.1. The molecule has 2 N–H and O–H groups in total. The van der Waals surface area contributed by atoms with E-state index in [1.165, 1.54) is 6.92 Å². The molecule has 25 heteroatoms. The van der Waals surface area contributed by atoms with Gasteiger partial charge in [-0.05, 0) is 42.3 Å². The minimum Gasteiger partial charge on any atom is -0.476 e. The molecule has 0 saturated heterocycles. The Balaban J connectivity index is 1.58. The van der Waals surface area contributed by atoms with Gasteiger partial charge in [0.1, 0.15) is 5.71 Å². The van der Waals surface area contributed by atoms with Gasteiger partial charge in [0.25, 0.3) is 0 Å². The number of aromatic amines is 2. The van der Waals surface area contributed by atoms with E-state index in [1.54, 1.807) is 0 Å². The molecule has 9 rings (SSSR count). The average Bonchev–Trinajstić information content (AvgIpc) is 4.21. The average molecular weight is 1020 g/mol. The monoisotopic (exact) mass is 1020 g/mol. The maximum atomic E-state index is 16.1. The molecule has 6 aromatic rings. The third-order valence-corrected chi connectivity index (χ3v) is 11.0. The number of halogens is 20. The van der Waals surface area contributed by atoms with Gasteiger partial charge in [-0.3, -0.25) is 0 Å². The summed E-state index contributed by atoms with van der Waals surface area (Å²) < 4.78 is 311. The molecule has 71 heavy (non-hydrogen) atoms. The lowest BCUT2D eigenvalue weighted by molar-refractivity contribution is 0.334. The molecule has 2 aromatic heterocycles. The normalized spacial score (nSPS) is 14.6. The van der Waals surface area contributed by atoms with Crippen molar-refractivity contribution in [2.45, 2.75) is 6.92 Å². The lowest BCUT2D eigenvalue weighted by atomic mass is 9.91. The second-order valence-electron chi connectivity index (χ2n) is 14.9. The number of allylic oxidation sites excluding steroid dienone is 5. The topological polar surface area (TPSA) is 65.5 Å². The summed E-state index contributed by atoms with van der Waals surface area (Å²) in [5.41, 5.74) is -17.5. The van der Waals surface area contributed by atoms with Gasteiger partial charge < -0.3 is 14.7 Å². The van der Waals surface area contributed by atoms with E-state index in [9.17, 15) is 17.6 Å². The van der Waals surface area contributed by atoms with Crippen molar-refractivity contribution < 1.29 is 92.5 Å². The van der Waals surface area contributed by atoms with Crippen molar-refractivity contribution >= 4 is 33.9 Å². The highest BCUT2D eigenvalue weighted by Gasteiger charge is 2.39. The molecule has 5 nitrogen and oxygen atoms in total. The number of H-pyrrole nitrogens is 2. The van der Waals surface area contributed by atoms with Crippen LogP contribution in [0.4, 0.5) is 87.8 Å². The summed E-state index contributed by atoms with van der Waals surface area (Å²) in [4.78, 5) is 12.3. The fraction of sp³-hybridized carbons (Fsp3) is 0.0435. The van der Waals surface area contributed by atoms with Crippen LogP contribution in [0.1, 0.15) is 40.4 Å². The Morgan fingerprint density at radius 3 is 1.25 bits per heavy atom. The lowest BCUT2D eigenvalue weighted by Gasteiger charge is -2.15. The van der Waals surface area contributed by atoms with E-state index < -0.39 is 218 Å². The highest BCUT2D eigenvalue weighted by Crippen LogP contribution is 2.43. The second kappa shape index (κ2) is 17.1. The molecule has 8 bridgehead atoms. The Hall–Kier alpha value is -8.12. The number of aliphatic imine (C=N–C) groups is 2. The number of nitrogens with zero attached hydrogens (tertiary/aromatic N) is 2. The number of ether oxygens (including phenoxy) is 1. The first kappa shape index (κ1) is 47.9. The highest BCUT2D eigenvalue weighted by atomic mass is 19.2. The zero-order chi connectivity index (χ0) is 51.6. The molecule has 364 valence electrons. The van der Waals surface area contributed by atoms with Gasteiger partial charge in [0.05, 0.1) is 40.1 Å². The summed E-state index contributed by atoms with van der Waals surface area (Å²) in [5.74, 6) is -55.4. The SMILES string of the molecule is CCOC1=NC2=C(c3c(F)c(F)c(F)c(F)c3F)c3cc(c[nH]3)C(c3c(F)c(F)c(F)c(F)c3F)=C3C=CC(=C3)C(c3c(F)c(F)c(F)c(F)c3F)=c3ccc([nH]3)=C(c3c(F)c(F)c(F)c(F)c3F)C1=N2. The third kappa shape index (κ3) is 7.01. The molecule has 0 fully saturated rings. The van der Waals surface area contributed by atoms with Crippen LogP contribution in [0.5, 0.6) is 0 Å². The van der Waals surface area contributed by atoms with Gasteiger partial charge in [-0.2, -0.15) is 4.99 Å².